The first kappa shape index (κ1) is 14.9. The molecule has 21 heavy (non-hydrogen) atoms. The van der Waals surface area contributed by atoms with Gasteiger partial charge in [0.15, 0.2) is 11.5 Å². The Morgan fingerprint density at radius 2 is 2.00 bits per heavy atom. The van der Waals surface area contributed by atoms with Gasteiger partial charge in [-0.2, -0.15) is 0 Å². The van der Waals surface area contributed by atoms with Crippen LogP contribution in [0.25, 0.3) is 0 Å². The molecule has 0 aliphatic rings. The summed E-state index contributed by atoms with van der Waals surface area (Å²) in [5, 5.41) is 9.08. The summed E-state index contributed by atoms with van der Waals surface area (Å²) in [6.45, 7) is 0.0726. The molecule has 0 saturated heterocycles. The van der Waals surface area contributed by atoms with Crippen molar-refractivity contribution in [3.63, 3.8) is 0 Å². The van der Waals surface area contributed by atoms with Gasteiger partial charge in [0, 0.05) is 0 Å². The molecule has 2 aromatic rings. The summed E-state index contributed by atoms with van der Waals surface area (Å²) in [6.07, 6.45) is 0. The molecule has 1 aromatic carbocycles. The fourth-order valence-electron chi connectivity index (χ4n) is 1.74. The quantitative estimate of drug-likeness (QED) is 0.822. The summed E-state index contributed by atoms with van der Waals surface area (Å²) < 4.78 is 20.6. The van der Waals surface area contributed by atoms with E-state index in [-0.39, 0.29) is 19.0 Å². The van der Waals surface area contributed by atoms with E-state index < -0.39 is 5.97 Å². The number of furan rings is 1. The number of hydrogen-bond donors (Lipinski definition) is 1. The predicted octanol–water partition coefficient (Wildman–Crippen LogP) is 2.15. The van der Waals surface area contributed by atoms with Crippen molar-refractivity contribution in [3.8, 4) is 11.5 Å². The van der Waals surface area contributed by atoms with E-state index in [1.807, 2.05) is 0 Å². The zero-order valence-corrected chi connectivity index (χ0v) is 11.8. The van der Waals surface area contributed by atoms with E-state index in [9.17, 15) is 4.79 Å². The molecule has 0 saturated carbocycles. The molecular formula is C15H16O6. The molecule has 112 valence electrons. The van der Waals surface area contributed by atoms with Crippen LogP contribution in [0.5, 0.6) is 11.5 Å². The lowest BCUT2D eigenvalue weighted by atomic mass is 10.2. The van der Waals surface area contributed by atoms with Crippen molar-refractivity contribution in [1.82, 2.24) is 0 Å². The van der Waals surface area contributed by atoms with Gasteiger partial charge in [-0.1, -0.05) is 6.07 Å². The molecule has 0 unspecified atom stereocenters. The molecule has 0 atom stereocenters. The first-order valence-corrected chi connectivity index (χ1v) is 6.25. The molecule has 6 nitrogen and oxygen atoms in total. The van der Waals surface area contributed by atoms with Crippen LogP contribution in [0.1, 0.15) is 21.9 Å². The lowest BCUT2D eigenvalue weighted by molar-refractivity contribution is 0.0561. The third-order valence-corrected chi connectivity index (χ3v) is 2.83. The summed E-state index contributed by atoms with van der Waals surface area (Å²) in [4.78, 5) is 11.3. The van der Waals surface area contributed by atoms with Crippen LogP contribution < -0.4 is 9.47 Å². The van der Waals surface area contributed by atoms with Gasteiger partial charge in [0.2, 0.25) is 5.76 Å². The zero-order valence-electron chi connectivity index (χ0n) is 11.8. The van der Waals surface area contributed by atoms with Crippen molar-refractivity contribution in [2.24, 2.45) is 0 Å². The second-order valence-electron chi connectivity index (χ2n) is 4.19. The van der Waals surface area contributed by atoms with Gasteiger partial charge < -0.3 is 23.7 Å². The molecule has 1 aromatic heterocycles. The number of aliphatic hydroxyl groups is 1. The number of rotatable bonds is 6. The van der Waals surface area contributed by atoms with Crippen LogP contribution in [0.4, 0.5) is 0 Å². The minimum absolute atomic E-state index is 0.0721. The summed E-state index contributed by atoms with van der Waals surface area (Å²) in [7, 11) is 2.81. The van der Waals surface area contributed by atoms with Gasteiger partial charge in [-0.25, -0.2) is 4.79 Å². The van der Waals surface area contributed by atoms with E-state index in [0.717, 1.165) is 5.56 Å². The molecule has 0 spiro atoms. The van der Waals surface area contributed by atoms with E-state index in [0.29, 0.717) is 17.3 Å². The predicted molar refractivity (Wildman–Crippen MR) is 73.3 cm³/mol. The number of aliphatic hydroxyl groups excluding tert-OH is 1. The summed E-state index contributed by atoms with van der Waals surface area (Å²) in [5.41, 5.74) is 0.727. The Bertz CT molecular complexity index is 616. The van der Waals surface area contributed by atoms with Crippen molar-refractivity contribution in [2.45, 2.75) is 13.2 Å². The lowest BCUT2D eigenvalue weighted by Gasteiger charge is -2.10. The molecule has 1 heterocycles. The van der Waals surface area contributed by atoms with E-state index >= 15 is 0 Å². The maximum Gasteiger partial charge on any atom is 0.373 e. The second kappa shape index (κ2) is 6.81. The van der Waals surface area contributed by atoms with Gasteiger partial charge in [-0.05, 0) is 29.8 Å². The molecule has 0 radical (unpaired) electrons. The Hall–Kier alpha value is -2.47. The van der Waals surface area contributed by atoms with Crippen molar-refractivity contribution in [2.75, 3.05) is 14.2 Å². The molecule has 0 amide bonds. The Morgan fingerprint density at radius 1 is 1.19 bits per heavy atom. The molecule has 0 bridgehead atoms. The third-order valence-electron chi connectivity index (χ3n) is 2.83. The Labute approximate surface area is 121 Å². The Morgan fingerprint density at radius 3 is 2.67 bits per heavy atom. The highest BCUT2D eigenvalue weighted by atomic mass is 16.5. The SMILES string of the molecule is COC(=O)c1ccc(COc2ccc(CO)cc2OC)o1. The average molecular weight is 292 g/mol. The van der Waals surface area contributed by atoms with Crippen LogP contribution in [0, 0.1) is 0 Å². The van der Waals surface area contributed by atoms with Gasteiger partial charge in [-0.3, -0.25) is 0 Å². The van der Waals surface area contributed by atoms with Gasteiger partial charge in [-0.15, -0.1) is 0 Å². The summed E-state index contributed by atoms with van der Waals surface area (Å²) >= 11 is 0. The number of benzene rings is 1. The fourth-order valence-corrected chi connectivity index (χ4v) is 1.74. The number of hydrogen-bond acceptors (Lipinski definition) is 6. The van der Waals surface area contributed by atoms with E-state index in [1.165, 1.54) is 20.3 Å². The Balaban J connectivity index is 2.06. The third kappa shape index (κ3) is 3.55. The summed E-state index contributed by atoms with van der Waals surface area (Å²) in [5.74, 6) is 1.11. The highest BCUT2D eigenvalue weighted by Gasteiger charge is 2.12. The highest BCUT2D eigenvalue weighted by Crippen LogP contribution is 2.29. The minimum Gasteiger partial charge on any atom is -0.493 e. The highest BCUT2D eigenvalue weighted by molar-refractivity contribution is 5.86. The van der Waals surface area contributed by atoms with E-state index in [4.69, 9.17) is 19.0 Å². The average Bonchev–Trinajstić information content (AvgIpc) is 3.00. The zero-order chi connectivity index (χ0) is 15.2. The number of carbonyl (C=O) groups is 1. The number of methoxy groups -OCH3 is 2. The number of ether oxygens (including phenoxy) is 3. The monoisotopic (exact) mass is 292 g/mol. The van der Waals surface area contributed by atoms with Crippen LogP contribution in [0.2, 0.25) is 0 Å². The van der Waals surface area contributed by atoms with E-state index in [2.05, 4.69) is 4.74 Å². The largest absolute Gasteiger partial charge is 0.493 e. The maximum absolute atomic E-state index is 11.3. The number of carbonyl (C=O) groups excluding carboxylic acids is 1. The lowest BCUT2D eigenvalue weighted by Crippen LogP contribution is -1.99. The van der Waals surface area contributed by atoms with Gasteiger partial charge in [0.1, 0.15) is 12.4 Å². The Kier molecular flexibility index (Phi) is 4.84. The first-order valence-electron chi connectivity index (χ1n) is 6.25. The first-order chi connectivity index (χ1) is 10.2. The number of esters is 1. The standard InChI is InChI=1S/C15H16O6/c1-18-14-7-10(8-16)3-5-12(14)20-9-11-4-6-13(21-11)15(17)19-2/h3-7,16H,8-9H2,1-2H3. The van der Waals surface area contributed by atoms with Gasteiger partial charge in [0.25, 0.3) is 0 Å². The molecule has 1 N–H and O–H groups in total. The smallest absolute Gasteiger partial charge is 0.373 e. The van der Waals surface area contributed by atoms with Crippen molar-refractivity contribution >= 4 is 5.97 Å². The van der Waals surface area contributed by atoms with Crippen LogP contribution in [0.3, 0.4) is 0 Å². The second-order valence-corrected chi connectivity index (χ2v) is 4.19. The van der Waals surface area contributed by atoms with Crippen LogP contribution in [0.15, 0.2) is 34.7 Å². The summed E-state index contributed by atoms with van der Waals surface area (Å²) in [6, 6.07) is 8.29. The van der Waals surface area contributed by atoms with Gasteiger partial charge in [0.05, 0.1) is 20.8 Å². The van der Waals surface area contributed by atoms with Crippen LogP contribution in [-0.4, -0.2) is 25.3 Å². The molecule has 0 fully saturated rings. The normalized spacial score (nSPS) is 10.2. The topological polar surface area (TPSA) is 78.1 Å². The van der Waals surface area contributed by atoms with Crippen LogP contribution >= 0.6 is 0 Å². The van der Waals surface area contributed by atoms with Crippen LogP contribution in [-0.2, 0) is 18.0 Å². The minimum atomic E-state index is -0.536. The fraction of sp³-hybridized carbons (Fsp3) is 0.267. The maximum atomic E-state index is 11.3. The molecule has 0 aliphatic heterocycles. The molecule has 6 heteroatoms. The van der Waals surface area contributed by atoms with Crippen molar-refractivity contribution in [1.29, 1.82) is 0 Å². The molecular weight excluding hydrogens is 276 g/mol. The van der Waals surface area contributed by atoms with Crippen molar-refractivity contribution < 1.29 is 28.5 Å². The van der Waals surface area contributed by atoms with E-state index in [1.54, 1.807) is 24.3 Å². The molecule has 2 rings (SSSR count). The van der Waals surface area contributed by atoms with Gasteiger partial charge >= 0.3 is 5.97 Å². The van der Waals surface area contributed by atoms with Crippen molar-refractivity contribution in [3.05, 3.63) is 47.4 Å². The molecule has 0 aliphatic carbocycles.